The maximum atomic E-state index is 12.8. The number of amides is 1. The second-order valence-corrected chi connectivity index (χ2v) is 5.48. The Hall–Kier alpha value is -1.86. The van der Waals surface area contributed by atoms with Crippen molar-refractivity contribution in [2.75, 3.05) is 13.2 Å². The van der Waals surface area contributed by atoms with Crippen molar-refractivity contribution in [1.82, 2.24) is 4.90 Å². The quantitative estimate of drug-likeness (QED) is 0.847. The highest BCUT2D eigenvalue weighted by Gasteiger charge is 2.38. The maximum absolute atomic E-state index is 12.8. The first kappa shape index (κ1) is 13.1. The van der Waals surface area contributed by atoms with Gasteiger partial charge in [-0.15, -0.1) is 0 Å². The Morgan fingerprint density at radius 1 is 1.20 bits per heavy atom. The Morgan fingerprint density at radius 2 is 1.90 bits per heavy atom. The van der Waals surface area contributed by atoms with E-state index in [2.05, 4.69) is 6.07 Å². The van der Waals surface area contributed by atoms with Crippen LogP contribution in [0, 0.1) is 11.3 Å². The summed E-state index contributed by atoms with van der Waals surface area (Å²) >= 11 is 0. The fourth-order valence-corrected chi connectivity index (χ4v) is 2.82. The standard InChI is InChI=1S/C16H18N2O2/c17-11-12-2-1-3-13(10-12)16(19)18(14-4-5-14)15-6-8-20-9-7-15/h1-3,10,14-15H,4-9H2. The predicted octanol–water partition coefficient (Wildman–Crippen LogP) is 2.34. The number of benzene rings is 1. The van der Waals surface area contributed by atoms with Crippen LogP contribution in [0.15, 0.2) is 24.3 Å². The molecule has 20 heavy (non-hydrogen) atoms. The lowest BCUT2D eigenvalue weighted by Gasteiger charge is -2.34. The predicted molar refractivity (Wildman–Crippen MR) is 74.2 cm³/mol. The molecule has 0 N–H and O–H groups in total. The van der Waals surface area contributed by atoms with Crippen molar-refractivity contribution in [3.8, 4) is 6.07 Å². The summed E-state index contributed by atoms with van der Waals surface area (Å²) in [7, 11) is 0. The molecule has 1 aromatic rings. The van der Waals surface area contributed by atoms with Crippen molar-refractivity contribution in [1.29, 1.82) is 5.26 Å². The third-order valence-electron chi connectivity index (χ3n) is 4.00. The first-order valence-electron chi connectivity index (χ1n) is 7.20. The van der Waals surface area contributed by atoms with E-state index in [1.807, 2.05) is 4.90 Å². The van der Waals surface area contributed by atoms with Crippen LogP contribution in [-0.4, -0.2) is 36.1 Å². The summed E-state index contributed by atoms with van der Waals surface area (Å²) in [4.78, 5) is 14.8. The molecule has 3 rings (SSSR count). The van der Waals surface area contributed by atoms with Crippen molar-refractivity contribution in [3.63, 3.8) is 0 Å². The van der Waals surface area contributed by atoms with Gasteiger partial charge < -0.3 is 9.64 Å². The Balaban J connectivity index is 1.83. The highest BCUT2D eigenvalue weighted by Crippen LogP contribution is 2.33. The van der Waals surface area contributed by atoms with E-state index in [1.54, 1.807) is 24.3 Å². The number of carbonyl (C=O) groups excluding carboxylic acids is 1. The van der Waals surface area contributed by atoms with Crippen LogP contribution in [0.3, 0.4) is 0 Å². The van der Waals surface area contributed by atoms with Crippen LogP contribution >= 0.6 is 0 Å². The minimum Gasteiger partial charge on any atom is -0.381 e. The van der Waals surface area contributed by atoms with Crippen molar-refractivity contribution < 1.29 is 9.53 Å². The fraction of sp³-hybridized carbons (Fsp3) is 0.500. The summed E-state index contributed by atoms with van der Waals surface area (Å²) in [6.07, 6.45) is 4.03. The van der Waals surface area contributed by atoms with Gasteiger partial charge in [0.25, 0.3) is 5.91 Å². The van der Waals surface area contributed by atoms with Gasteiger partial charge in [-0.3, -0.25) is 4.79 Å². The molecule has 1 aliphatic heterocycles. The van der Waals surface area contributed by atoms with E-state index in [1.165, 1.54) is 0 Å². The number of nitriles is 1. The molecule has 0 atom stereocenters. The van der Waals surface area contributed by atoms with Crippen molar-refractivity contribution in [3.05, 3.63) is 35.4 Å². The second-order valence-electron chi connectivity index (χ2n) is 5.48. The second kappa shape index (κ2) is 5.64. The molecule has 1 heterocycles. The molecule has 2 aliphatic rings. The molecule has 1 aromatic carbocycles. The summed E-state index contributed by atoms with van der Waals surface area (Å²) in [6, 6.07) is 9.77. The zero-order chi connectivity index (χ0) is 13.9. The molecule has 0 aromatic heterocycles. The van der Waals surface area contributed by atoms with Crippen LogP contribution in [0.25, 0.3) is 0 Å². The van der Waals surface area contributed by atoms with E-state index < -0.39 is 0 Å². The summed E-state index contributed by atoms with van der Waals surface area (Å²) in [6.45, 7) is 1.47. The smallest absolute Gasteiger partial charge is 0.254 e. The average Bonchev–Trinajstić information content (AvgIpc) is 3.33. The van der Waals surface area contributed by atoms with Crippen LogP contribution in [0.1, 0.15) is 41.6 Å². The van der Waals surface area contributed by atoms with Gasteiger partial charge in [-0.2, -0.15) is 5.26 Å². The molecule has 0 spiro atoms. The van der Waals surface area contributed by atoms with Gasteiger partial charge in [-0.1, -0.05) is 6.07 Å². The van der Waals surface area contributed by atoms with Crippen LogP contribution in [0.2, 0.25) is 0 Å². The molecule has 1 aliphatic carbocycles. The van der Waals surface area contributed by atoms with E-state index in [-0.39, 0.29) is 11.9 Å². The van der Waals surface area contributed by atoms with Gasteiger partial charge in [0.2, 0.25) is 0 Å². The SMILES string of the molecule is N#Cc1cccc(C(=O)N(C2CCOCC2)C2CC2)c1. The average molecular weight is 270 g/mol. The Kier molecular flexibility index (Phi) is 3.70. The summed E-state index contributed by atoms with van der Waals surface area (Å²) < 4.78 is 5.39. The summed E-state index contributed by atoms with van der Waals surface area (Å²) in [5.74, 6) is 0.0662. The molecule has 1 amide bonds. The van der Waals surface area contributed by atoms with E-state index >= 15 is 0 Å². The zero-order valence-electron chi connectivity index (χ0n) is 11.4. The lowest BCUT2D eigenvalue weighted by molar-refractivity contribution is 0.0267. The Bertz CT molecular complexity index is 540. The molecule has 1 saturated carbocycles. The van der Waals surface area contributed by atoms with E-state index in [9.17, 15) is 4.79 Å². The number of nitrogens with zero attached hydrogens (tertiary/aromatic N) is 2. The van der Waals surface area contributed by atoms with Gasteiger partial charge in [0.1, 0.15) is 0 Å². The minimum absolute atomic E-state index is 0.0662. The number of hydrogen-bond donors (Lipinski definition) is 0. The lowest BCUT2D eigenvalue weighted by atomic mass is 10.0. The monoisotopic (exact) mass is 270 g/mol. The molecule has 1 saturated heterocycles. The maximum Gasteiger partial charge on any atom is 0.254 e. The molecular formula is C16H18N2O2. The first-order chi connectivity index (χ1) is 9.79. The van der Waals surface area contributed by atoms with Gasteiger partial charge in [0.05, 0.1) is 11.6 Å². The number of ether oxygens (including phenoxy) is 1. The molecule has 4 heteroatoms. The van der Waals surface area contributed by atoms with Crippen molar-refractivity contribution in [2.24, 2.45) is 0 Å². The molecule has 2 fully saturated rings. The topological polar surface area (TPSA) is 53.3 Å². The number of hydrogen-bond acceptors (Lipinski definition) is 3. The molecule has 104 valence electrons. The third-order valence-corrected chi connectivity index (χ3v) is 4.00. The zero-order valence-corrected chi connectivity index (χ0v) is 11.4. The normalized spacial score (nSPS) is 19.4. The van der Waals surface area contributed by atoms with Crippen LogP contribution < -0.4 is 0 Å². The van der Waals surface area contributed by atoms with Crippen molar-refractivity contribution in [2.45, 2.75) is 37.8 Å². The van der Waals surface area contributed by atoms with Gasteiger partial charge in [-0.05, 0) is 43.9 Å². The van der Waals surface area contributed by atoms with E-state index in [0.29, 0.717) is 17.2 Å². The minimum atomic E-state index is 0.0662. The summed E-state index contributed by atoms with van der Waals surface area (Å²) in [5.41, 5.74) is 1.17. The van der Waals surface area contributed by atoms with Crippen LogP contribution in [0.4, 0.5) is 0 Å². The largest absolute Gasteiger partial charge is 0.381 e. The Morgan fingerprint density at radius 3 is 2.55 bits per heavy atom. The number of carbonyl (C=O) groups is 1. The van der Waals surface area contributed by atoms with E-state index in [0.717, 1.165) is 38.9 Å². The highest BCUT2D eigenvalue weighted by atomic mass is 16.5. The van der Waals surface area contributed by atoms with Gasteiger partial charge in [0, 0.05) is 30.9 Å². The third kappa shape index (κ3) is 2.68. The van der Waals surface area contributed by atoms with Gasteiger partial charge in [0.15, 0.2) is 0 Å². The molecule has 0 radical (unpaired) electrons. The van der Waals surface area contributed by atoms with Crippen LogP contribution in [-0.2, 0) is 4.74 Å². The molecular weight excluding hydrogens is 252 g/mol. The van der Waals surface area contributed by atoms with E-state index in [4.69, 9.17) is 10.00 Å². The van der Waals surface area contributed by atoms with Gasteiger partial charge >= 0.3 is 0 Å². The fourth-order valence-electron chi connectivity index (χ4n) is 2.82. The summed E-state index contributed by atoms with van der Waals surface area (Å²) in [5, 5.41) is 8.96. The van der Waals surface area contributed by atoms with Gasteiger partial charge in [-0.25, -0.2) is 0 Å². The number of rotatable bonds is 3. The molecule has 4 nitrogen and oxygen atoms in total. The van der Waals surface area contributed by atoms with Crippen LogP contribution in [0.5, 0.6) is 0 Å². The molecule has 0 bridgehead atoms. The first-order valence-corrected chi connectivity index (χ1v) is 7.20. The lowest BCUT2D eigenvalue weighted by Crippen LogP contribution is -2.44. The molecule has 0 unspecified atom stereocenters. The highest BCUT2D eigenvalue weighted by molar-refractivity contribution is 5.95. The Labute approximate surface area is 118 Å². The van der Waals surface area contributed by atoms with Crippen molar-refractivity contribution >= 4 is 5.91 Å².